The number of imidazole rings is 1. The first-order valence-corrected chi connectivity index (χ1v) is 5.86. The molecule has 13 heavy (non-hydrogen) atoms. The van der Waals surface area contributed by atoms with E-state index in [1.54, 1.807) is 0 Å². The number of rotatable bonds is 1. The Balaban J connectivity index is 2.34. The number of hydrogen-bond acceptors (Lipinski definition) is 1. The Kier molecular flexibility index (Phi) is 2.69. The van der Waals surface area contributed by atoms with Crippen LogP contribution in [-0.2, 0) is 6.54 Å². The van der Waals surface area contributed by atoms with Crippen molar-refractivity contribution in [2.75, 3.05) is 6.16 Å². The molecule has 2 unspecified atom stereocenters. The van der Waals surface area contributed by atoms with Crippen LogP contribution in [0.3, 0.4) is 0 Å². The van der Waals surface area contributed by atoms with Crippen molar-refractivity contribution >= 4 is 9.24 Å². The Morgan fingerprint density at radius 1 is 1.62 bits per heavy atom. The maximum absolute atomic E-state index is 4.61. The van der Waals surface area contributed by atoms with Crippen LogP contribution in [0.2, 0.25) is 0 Å². The van der Waals surface area contributed by atoms with Gasteiger partial charge in [0.25, 0.3) is 0 Å². The van der Waals surface area contributed by atoms with Crippen LogP contribution >= 0.6 is 9.24 Å². The van der Waals surface area contributed by atoms with E-state index >= 15 is 0 Å². The van der Waals surface area contributed by atoms with E-state index in [2.05, 4.69) is 31.9 Å². The largest absolute Gasteiger partial charge is 0.334 e. The minimum atomic E-state index is 0.668. The molecular weight excluding hydrogens is 179 g/mol. The quantitative estimate of drug-likeness (QED) is 0.630. The fourth-order valence-electron chi connectivity index (χ4n) is 2.10. The summed E-state index contributed by atoms with van der Waals surface area (Å²) in [6, 6.07) is 0. The minimum absolute atomic E-state index is 0.668. The zero-order chi connectivity index (χ0) is 9.26. The maximum atomic E-state index is 4.61. The molecule has 0 spiro atoms. The molecular formula is C10H17N2P. The summed E-state index contributed by atoms with van der Waals surface area (Å²) in [6.45, 7) is 3.25. The molecule has 3 heteroatoms. The van der Waals surface area contributed by atoms with Gasteiger partial charge in [0.1, 0.15) is 5.82 Å². The molecule has 0 aliphatic carbocycles. The molecule has 0 N–H and O–H groups in total. The summed E-state index contributed by atoms with van der Waals surface area (Å²) in [5.41, 5.74) is 1.17. The highest BCUT2D eigenvalue weighted by atomic mass is 31.0. The number of aromatic nitrogens is 2. The van der Waals surface area contributed by atoms with Crippen molar-refractivity contribution in [1.29, 1.82) is 0 Å². The molecule has 2 heterocycles. The highest BCUT2D eigenvalue weighted by molar-refractivity contribution is 7.16. The van der Waals surface area contributed by atoms with E-state index in [1.807, 2.05) is 0 Å². The van der Waals surface area contributed by atoms with Crippen LogP contribution in [0.4, 0.5) is 0 Å². The normalized spacial score (nSPS) is 22.5. The Bertz CT molecular complexity index is 293. The molecule has 2 rings (SSSR count). The van der Waals surface area contributed by atoms with E-state index in [4.69, 9.17) is 0 Å². The summed E-state index contributed by atoms with van der Waals surface area (Å²) >= 11 is 0. The van der Waals surface area contributed by atoms with Crippen molar-refractivity contribution in [3.05, 3.63) is 17.7 Å². The molecule has 1 aromatic heterocycles. The van der Waals surface area contributed by atoms with Crippen molar-refractivity contribution in [3.8, 4) is 0 Å². The summed E-state index contributed by atoms with van der Waals surface area (Å²) in [4.78, 5) is 4.61. The summed E-state index contributed by atoms with van der Waals surface area (Å²) in [7, 11) is 2.85. The third-order valence-electron chi connectivity index (χ3n) is 2.78. The first-order chi connectivity index (χ1) is 6.31. The third kappa shape index (κ3) is 1.78. The average Bonchev–Trinajstić information content (AvgIpc) is 2.37. The van der Waals surface area contributed by atoms with E-state index in [9.17, 15) is 0 Å². The van der Waals surface area contributed by atoms with Gasteiger partial charge in [-0.05, 0) is 25.9 Å². The second-order valence-electron chi connectivity index (χ2n) is 3.86. The van der Waals surface area contributed by atoms with Gasteiger partial charge in [0.05, 0.1) is 5.69 Å². The molecule has 1 aromatic rings. The number of fused-ring (bicyclic) bond motifs is 1. The highest BCUT2D eigenvalue weighted by Crippen LogP contribution is 2.27. The Hall–Kier alpha value is -0.360. The molecule has 0 aromatic carbocycles. The van der Waals surface area contributed by atoms with E-state index in [1.165, 1.54) is 30.8 Å². The molecule has 0 fully saturated rings. The summed E-state index contributed by atoms with van der Waals surface area (Å²) in [5.74, 6) is 1.98. The Morgan fingerprint density at radius 3 is 3.23 bits per heavy atom. The third-order valence-corrected chi connectivity index (χ3v) is 3.35. The first-order valence-electron chi connectivity index (χ1n) is 5.05. The second-order valence-corrected chi connectivity index (χ2v) is 4.33. The van der Waals surface area contributed by atoms with E-state index in [0.717, 1.165) is 12.7 Å². The molecule has 1 aliphatic heterocycles. The Labute approximate surface area is 81.9 Å². The number of hydrogen-bond donors (Lipinski definition) is 0. The van der Waals surface area contributed by atoms with Gasteiger partial charge in [0.2, 0.25) is 0 Å². The molecule has 72 valence electrons. The lowest BCUT2D eigenvalue weighted by molar-refractivity contribution is 0.624. The van der Waals surface area contributed by atoms with Crippen molar-refractivity contribution < 1.29 is 0 Å². The monoisotopic (exact) mass is 196 g/mol. The van der Waals surface area contributed by atoms with Crippen LogP contribution in [0.1, 0.15) is 36.7 Å². The molecule has 0 saturated heterocycles. The predicted molar refractivity (Wildman–Crippen MR) is 58.1 cm³/mol. The lowest BCUT2D eigenvalue weighted by atomic mass is 10.1. The maximum Gasteiger partial charge on any atom is 0.112 e. The SMILES string of the molecule is Cc1cn2c(n1)C(CP)CCCC2. The van der Waals surface area contributed by atoms with Gasteiger partial charge in [-0.2, -0.15) is 0 Å². The molecule has 0 saturated carbocycles. The predicted octanol–water partition coefficient (Wildman–Crippen LogP) is 2.33. The fourth-order valence-corrected chi connectivity index (χ4v) is 2.54. The number of aryl methyl sites for hydroxylation is 2. The van der Waals surface area contributed by atoms with Crippen LogP contribution in [0.15, 0.2) is 6.20 Å². The van der Waals surface area contributed by atoms with Crippen molar-refractivity contribution in [3.63, 3.8) is 0 Å². The second kappa shape index (κ2) is 3.79. The van der Waals surface area contributed by atoms with Gasteiger partial charge in [-0.1, -0.05) is 6.42 Å². The van der Waals surface area contributed by atoms with Crippen LogP contribution in [0.5, 0.6) is 0 Å². The molecule has 0 amide bonds. The van der Waals surface area contributed by atoms with Gasteiger partial charge in [-0.15, -0.1) is 9.24 Å². The van der Waals surface area contributed by atoms with Crippen LogP contribution in [0, 0.1) is 6.92 Å². The van der Waals surface area contributed by atoms with Gasteiger partial charge in [0, 0.05) is 18.7 Å². The molecule has 2 atom stereocenters. The zero-order valence-corrected chi connectivity index (χ0v) is 9.32. The van der Waals surface area contributed by atoms with Crippen molar-refractivity contribution in [2.24, 2.45) is 0 Å². The number of nitrogens with zero attached hydrogens (tertiary/aromatic N) is 2. The van der Waals surface area contributed by atoms with Crippen molar-refractivity contribution in [2.45, 2.75) is 38.6 Å². The van der Waals surface area contributed by atoms with Crippen LogP contribution in [0.25, 0.3) is 0 Å². The fraction of sp³-hybridized carbons (Fsp3) is 0.700. The molecule has 0 radical (unpaired) electrons. The summed E-state index contributed by atoms with van der Waals surface area (Å²) in [6.07, 6.45) is 7.30. The molecule has 2 nitrogen and oxygen atoms in total. The minimum Gasteiger partial charge on any atom is -0.334 e. The average molecular weight is 196 g/mol. The lowest BCUT2D eigenvalue weighted by Crippen LogP contribution is -2.06. The van der Waals surface area contributed by atoms with Gasteiger partial charge in [-0.3, -0.25) is 0 Å². The van der Waals surface area contributed by atoms with Crippen LogP contribution < -0.4 is 0 Å². The summed E-state index contributed by atoms with van der Waals surface area (Å²) < 4.78 is 2.34. The highest BCUT2D eigenvalue weighted by Gasteiger charge is 2.18. The van der Waals surface area contributed by atoms with E-state index < -0.39 is 0 Å². The molecule has 1 aliphatic rings. The summed E-state index contributed by atoms with van der Waals surface area (Å²) in [5, 5.41) is 0. The smallest absolute Gasteiger partial charge is 0.112 e. The van der Waals surface area contributed by atoms with E-state index in [0.29, 0.717) is 5.92 Å². The van der Waals surface area contributed by atoms with E-state index in [-0.39, 0.29) is 0 Å². The Morgan fingerprint density at radius 2 is 2.46 bits per heavy atom. The topological polar surface area (TPSA) is 17.8 Å². The van der Waals surface area contributed by atoms with Gasteiger partial charge in [-0.25, -0.2) is 4.98 Å². The lowest BCUT2D eigenvalue weighted by Gasteiger charge is -2.10. The van der Waals surface area contributed by atoms with Gasteiger partial charge in [0.15, 0.2) is 0 Å². The van der Waals surface area contributed by atoms with Crippen molar-refractivity contribution in [1.82, 2.24) is 9.55 Å². The molecule has 0 bridgehead atoms. The van der Waals surface area contributed by atoms with Gasteiger partial charge < -0.3 is 4.57 Å². The zero-order valence-electron chi connectivity index (χ0n) is 8.16. The van der Waals surface area contributed by atoms with Crippen LogP contribution in [-0.4, -0.2) is 15.7 Å². The van der Waals surface area contributed by atoms with Gasteiger partial charge >= 0.3 is 0 Å². The first kappa shape index (κ1) is 9.21. The standard InChI is InChI=1S/C10H17N2P/c1-8-6-12-5-3-2-4-9(7-13)10(12)11-8/h6,9H,2-5,7,13H2,1H3.